The fraction of sp³-hybridized carbons (Fsp3) is 0.727. The number of aliphatic carboxylic acids is 1. The second kappa shape index (κ2) is 11.5. The van der Waals surface area contributed by atoms with Crippen LogP contribution in [0.15, 0.2) is 0 Å². The number of nitrogens with two attached hydrogens (primary N) is 1. The van der Waals surface area contributed by atoms with Gasteiger partial charge in [-0.3, -0.25) is 24.0 Å². The topological polar surface area (TPSA) is 182 Å². The Kier molecular flexibility index (Phi) is 8.65. The summed E-state index contributed by atoms with van der Waals surface area (Å²) in [5.74, 6) is -3.24. The molecule has 5 N–H and O–H groups in total. The minimum atomic E-state index is -1.05. The van der Waals surface area contributed by atoms with Gasteiger partial charge >= 0.3 is 5.97 Å². The predicted octanol–water partition coefficient (Wildman–Crippen LogP) is -2.38. The van der Waals surface area contributed by atoms with Gasteiger partial charge in [-0.1, -0.05) is 0 Å². The van der Waals surface area contributed by atoms with Crippen LogP contribution in [0, 0.1) is 0 Å². The zero-order chi connectivity index (χ0) is 25.7. The first-order valence-electron chi connectivity index (χ1n) is 12.1. The zero-order valence-electron chi connectivity index (χ0n) is 19.9. The average Bonchev–Trinajstić information content (AvgIpc) is 3.61. The molecule has 35 heavy (non-hydrogen) atoms. The molecule has 5 amide bonds. The molecule has 0 bridgehead atoms. The number of carbonyl (C=O) groups is 6. The first-order chi connectivity index (χ1) is 16.6. The van der Waals surface area contributed by atoms with Crippen molar-refractivity contribution < 1.29 is 33.9 Å². The summed E-state index contributed by atoms with van der Waals surface area (Å²) in [6.45, 7) is 2.04. The first kappa shape index (κ1) is 26.4. The molecule has 0 spiro atoms. The summed E-state index contributed by atoms with van der Waals surface area (Å²) in [5, 5.41) is 14.4. The molecule has 0 radical (unpaired) electrons. The van der Waals surface area contributed by atoms with Crippen LogP contribution in [-0.2, 0) is 28.8 Å². The Morgan fingerprint density at radius 1 is 0.857 bits per heavy atom. The van der Waals surface area contributed by atoms with Crippen molar-refractivity contribution in [1.82, 2.24) is 25.3 Å². The van der Waals surface area contributed by atoms with E-state index in [4.69, 9.17) is 5.73 Å². The third kappa shape index (κ3) is 5.89. The van der Waals surface area contributed by atoms with Crippen LogP contribution in [0.3, 0.4) is 0 Å². The fourth-order valence-electron chi connectivity index (χ4n) is 5.05. The molecule has 0 saturated carbocycles. The number of carboxylic acid groups (broad SMARTS) is 1. The summed E-state index contributed by atoms with van der Waals surface area (Å²) >= 11 is 0. The number of carbonyl (C=O) groups excluding carboxylic acids is 5. The van der Waals surface area contributed by atoms with Gasteiger partial charge in [-0.05, 0) is 45.4 Å². The molecule has 4 atom stereocenters. The number of hydrogen-bond acceptors (Lipinski definition) is 7. The monoisotopic (exact) mass is 494 g/mol. The first-order valence-corrected chi connectivity index (χ1v) is 12.1. The van der Waals surface area contributed by atoms with Crippen LogP contribution in [-0.4, -0.2) is 112 Å². The van der Waals surface area contributed by atoms with Crippen LogP contribution in [0.4, 0.5) is 0 Å². The molecular weight excluding hydrogens is 460 g/mol. The Labute approximate surface area is 203 Å². The molecule has 0 aromatic heterocycles. The molecule has 194 valence electrons. The molecule has 0 aromatic carbocycles. The maximum absolute atomic E-state index is 13.0. The molecule has 13 nitrogen and oxygen atoms in total. The third-order valence-electron chi connectivity index (χ3n) is 6.90. The number of nitrogens with one attached hydrogen (secondary N) is 2. The van der Waals surface area contributed by atoms with Gasteiger partial charge in [0.05, 0.1) is 13.1 Å². The highest BCUT2D eigenvalue weighted by molar-refractivity contribution is 5.95. The zero-order valence-corrected chi connectivity index (χ0v) is 19.9. The Hall–Kier alpha value is -3.22. The van der Waals surface area contributed by atoms with E-state index in [0.717, 1.165) is 0 Å². The Balaban J connectivity index is 1.50. The largest absolute Gasteiger partial charge is 0.480 e. The molecule has 3 aliphatic rings. The maximum Gasteiger partial charge on any atom is 0.326 e. The van der Waals surface area contributed by atoms with Gasteiger partial charge < -0.3 is 36.2 Å². The van der Waals surface area contributed by atoms with E-state index in [0.29, 0.717) is 58.2 Å². The summed E-state index contributed by atoms with van der Waals surface area (Å²) in [6.07, 6.45) is 3.18. The lowest BCUT2D eigenvalue weighted by Crippen LogP contribution is -2.55. The van der Waals surface area contributed by atoms with Crippen LogP contribution in [0.5, 0.6) is 0 Å². The molecule has 3 fully saturated rings. The van der Waals surface area contributed by atoms with Gasteiger partial charge in [-0.2, -0.15) is 0 Å². The van der Waals surface area contributed by atoms with Crippen LogP contribution >= 0.6 is 0 Å². The summed E-state index contributed by atoms with van der Waals surface area (Å²) < 4.78 is 0. The third-order valence-corrected chi connectivity index (χ3v) is 6.90. The van der Waals surface area contributed by atoms with Crippen molar-refractivity contribution in [2.24, 2.45) is 5.73 Å². The lowest BCUT2D eigenvalue weighted by Gasteiger charge is -2.30. The van der Waals surface area contributed by atoms with Crippen molar-refractivity contribution in [3.05, 3.63) is 0 Å². The normalized spacial score (nSPS) is 24.9. The summed E-state index contributed by atoms with van der Waals surface area (Å²) in [7, 11) is 0. The molecule has 3 aliphatic heterocycles. The van der Waals surface area contributed by atoms with Crippen LogP contribution < -0.4 is 16.4 Å². The maximum atomic E-state index is 13.0. The number of rotatable bonds is 8. The van der Waals surface area contributed by atoms with Gasteiger partial charge in [-0.15, -0.1) is 0 Å². The number of amides is 5. The SMILES string of the molecule is CC(NC(=O)C1CCCN1C(=O)CN)C(=O)NCC(=O)N1CCCC1C(=O)N1CCCC1C(=O)O. The van der Waals surface area contributed by atoms with Crippen molar-refractivity contribution in [1.29, 1.82) is 0 Å². The van der Waals surface area contributed by atoms with E-state index < -0.39 is 47.9 Å². The highest BCUT2D eigenvalue weighted by Gasteiger charge is 2.42. The molecule has 3 rings (SSSR count). The summed E-state index contributed by atoms with van der Waals surface area (Å²) in [5.41, 5.74) is 5.39. The average molecular weight is 495 g/mol. The van der Waals surface area contributed by atoms with E-state index in [2.05, 4.69) is 10.6 Å². The van der Waals surface area contributed by atoms with Gasteiger partial charge in [0.2, 0.25) is 29.5 Å². The van der Waals surface area contributed by atoms with E-state index >= 15 is 0 Å². The molecule has 3 saturated heterocycles. The van der Waals surface area contributed by atoms with Gasteiger partial charge in [-0.25, -0.2) is 4.79 Å². The van der Waals surface area contributed by atoms with Crippen molar-refractivity contribution in [2.45, 2.75) is 69.6 Å². The molecule has 13 heteroatoms. The van der Waals surface area contributed by atoms with Crippen molar-refractivity contribution in [3.63, 3.8) is 0 Å². The lowest BCUT2D eigenvalue weighted by molar-refractivity contribution is -0.151. The Bertz CT molecular complexity index is 880. The minimum Gasteiger partial charge on any atom is -0.480 e. The van der Waals surface area contributed by atoms with E-state index in [1.807, 2.05) is 0 Å². The molecule has 3 heterocycles. The number of hydrogen-bond donors (Lipinski definition) is 4. The van der Waals surface area contributed by atoms with Crippen LogP contribution in [0.1, 0.15) is 45.4 Å². The van der Waals surface area contributed by atoms with E-state index in [-0.39, 0.29) is 24.9 Å². The van der Waals surface area contributed by atoms with E-state index in [1.54, 1.807) is 0 Å². The van der Waals surface area contributed by atoms with Gasteiger partial charge in [0.1, 0.15) is 24.2 Å². The fourth-order valence-corrected chi connectivity index (χ4v) is 5.05. The minimum absolute atomic E-state index is 0.198. The van der Waals surface area contributed by atoms with Gasteiger partial charge in [0.15, 0.2) is 0 Å². The highest BCUT2D eigenvalue weighted by atomic mass is 16.4. The van der Waals surface area contributed by atoms with E-state index in [9.17, 15) is 33.9 Å². The Morgan fingerprint density at radius 3 is 2.00 bits per heavy atom. The van der Waals surface area contributed by atoms with Gasteiger partial charge in [0.25, 0.3) is 0 Å². The van der Waals surface area contributed by atoms with Crippen molar-refractivity contribution in [2.75, 3.05) is 32.7 Å². The highest BCUT2D eigenvalue weighted by Crippen LogP contribution is 2.25. The number of carboxylic acids is 1. The van der Waals surface area contributed by atoms with Crippen molar-refractivity contribution in [3.8, 4) is 0 Å². The standard InChI is InChI=1S/C22H34N6O7/c1-13(25-20(32)14-5-2-8-26(14)17(29)11-23)19(31)24-12-18(30)27-9-3-6-15(27)21(33)28-10-4-7-16(28)22(34)35/h13-16H,2-12,23H2,1H3,(H,24,31)(H,25,32)(H,34,35). The van der Waals surface area contributed by atoms with Crippen molar-refractivity contribution >= 4 is 35.5 Å². The van der Waals surface area contributed by atoms with Crippen LogP contribution in [0.2, 0.25) is 0 Å². The quantitative estimate of drug-likeness (QED) is 0.288. The smallest absolute Gasteiger partial charge is 0.326 e. The summed E-state index contributed by atoms with van der Waals surface area (Å²) in [4.78, 5) is 78.3. The second-order valence-electron chi connectivity index (χ2n) is 9.17. The predicted molar refractivity (Wildman–Crippen MR) is 122 cm³/mol. The Morgan fingerprint density at radius 2 is 1.40 bits per heavy atom. The second-order valence-corrected chi connectivity index (χ2v) is 9.17. The number of likely N-dealkylation sites (tertiary alicyclic amines) is 3. The van der Waals surface area contributed by atoms with E-state index in [1.165, 1.54) is 21.6 Å². The molecule has 0 aliphatic carbocycles. The molecule has 0 aromatic rings. The van der Waals surface area contributed by atoms with Crippen LogP contribution in [0.25, 0.3) is 0 Å². The summed E-state index contributed by atoms with van der Waals surface area (Å²) in [6, 6.07) is -3.24. The van der Waals surface area contributed by atoms with Gasteiger partial charge in [0, 0.05) is 19.6 Å². The molecule has 4 unspecified atom stereocenters. The lowest BCUT2D eigenvalue weighted by atomic mass is 10.1. The number of nitrogens with zero attached hydrogens (tertiary/aromatic N) is 3. The molecular formula is C22H34N6O7.